The topological polar surface area (TPSA) is 99.1 Å². The third-order valence-corrected chi connectivity index (χ3v) is 3.41. The number of hydrogen-bond donors (Lipinski definition) is 3. The minimum atomic E-state index is -0.917. The normalized spacial score (nSPS) is 24.9. The van der Waals surface area contributed by atoms with E-state index >= 15 is 0 Å². The highest BCUT2D eigenvalue weighted by atomic mass is 16.5. The molecule has 106 valence electrons. The summed E-state index contributed by atoms with van der Waals surface area (Å²) < 4.78 is 5.21. The van der Waals surface area contributed by atoms with Crippen LogP contribution in [0.5, 0.6) is 5.75 Å². The molecule has 0 saturated carbocycles. The zero-order chi connectivity index (χ0) is 14.3. The maximum absolute atomic E-state index is 12.3. The Morgan fingerprint density at radius 3 is 2.70 bits per heavy atom. The van der Waals surface area contributed by atoms with E-state index in [1.165, 1.54) is 11.0 Å². The molecule has 1 aromatic carbocycles. The second-order valence-electron chi connectivity index (χ2n) is 4.89. The minimum Gasteiger partial charge on any atom is -0.482 e. The summed E-state index contributed by atoms with van der Waals surface area (Å²) in [4.78, 5) is 24.9. The lowest BCUT2D eigenvalue weighted by molar-refractivity contribution is -0.118. The van der Waals surface area contributed by atoms with Crippen LogP contribution >= 0.6 is 0 Å². The number of benzene rings is 1. The Labute approximate surface area is 114 Å². The second kappa shape index (κ2) is 4.77. The van der Waals surface area contributed by atoms with E-state index in [1.54, 1.807) is 12.1 Å². The van der Waals surface area contributed by atoms with Crippen LogP contribution in [0, 0.1) is 0 Å². The van der Waals surface area contributed by atoms with Crippen molar-refractivity contribution < 1.29 is 24.5 Å². The lowest BCUT2D eigenvalue weighted by Gasteiger charge is -2.20. The quantitative estimate of drug-likeness (QED) is 0.624. The minimum absolute atomic E-state index is 0.0369. The number of carbonyl (C=O) groups excluding carboxylic acids is 2. The molecule has 2 atom stereocenters. The van der Waals surface area contributed by atoms with Gasteiger partial charge in [-0.2, -0.15) is 0 Å². The van der Waals surface area contributed by atoms with Gasteiger partial charge < -0.3 is 25.2 Å². The predicted octanol–water partition coefficient (Wildman–Crippen LogP) is -0.805. The van der Waals surface area contributed by atoms with E-state index in [2.05, 4.69) is 5.32 Å². The SMILES string of the molecule is O=C1COc2ccc(C(=O)N3CC(O)C(O)C3)cc2N1. The van der Waals surface area contributed by atoms with Crippen molar-refractivity contribution in [1.29, 1.82) is 0 Å². The van der Waals surface area contributed by atoms with Crippen molar-refractivity contribution in [2.24, 2.45) is 0 Å². The van der Waals surface area contributed by atoms with Crippen LogP contribution < -0.4 is 10.1 Å². The van der Waals surface area contributed by atoms with Crippen LogP contribution in [-0.2, 0) is 4.79 Å². The van der Waals surface area contributed by atoms with Gasteiger partial charge in [0.05, 0.1) is 17.9 Å². The third-order valence-electron chi connectivity index (χ3n) is 3.41. The molecule has 1 saturated heterocycles. The average molecular weight is 278 g/mol. The summed E-state index contributed by atoms with van der Waals surface area (Å²) >= 11 is 0. The van der Waals surface area contributed by atoms with E-state index in [0.717, 1.165) is 0 Å². The van der Waals surface area contributed by atoms with Crippen LogP contribution in [-0.4, -0.2) is 58.8 Å². The van der Waals surface area contributed by atoms with Crippen LogP contribution in [0.3, 0.4) is 0 Å². The van der Waals surface area contributed by atoms with Gasteiger partial charge in [-0.25, -0.2) is 0 Å². The number of fused-ring (bicyclic) bond motifs is 1. The molecule has 7 nitrogen and oxygen atoms in total. The van der Waals surface area contributed by atoms with Gasteiger partial charge in [0.2, 0.25) is 0 Å². The second-order valence-corrected chi connectivity index (χ2v) is 4.89. The summed E-state index contributed by atoms with van der Waals surface area (Å²) in [6.45, 7) is 0.157. The first-order chi connectivity index (χ1) is 9.54. The van der Waals surface area contributed by atoms with E-state index in [1.807, 2.05) is 0 Å². The van der Waals surface area contributed by atoms with Gasteiger partial charge in [0.1, 0.15) is 5.75 Å². The first-order valence-electron chi connectivity index (χ1n) is 6.26. The molecule has 2 aliphatic heterocycles. The molecular formula is C13H14N2O5. The van der Waals surface area contributed by atoms with Crippen molar-refractivity contribution in [2.75, 3.05) is 25.0 Å². The highest BCUT2D eigenvalue weighted by Gasteiger charge is 2.33. The summed E-state index contributed by atoms with van der Waals surface area (Å²) in [5.74, 6) is -0.0556. The zero-order valence-corrected chi connectivity index (χ0v) is 10.6. The van der Waals surface area contributed by atoms with Crippen molar-refractivity contribution in [3.8, 4) is 5.75 Å². The van der Waals surface area contributed by atoms with Crippen molar-refractivity contribution >= 4 is 17.5 Å². The molecule has 2 unspecified atom stereocenters. The van der Waals surface area contributed by atoms with Crippen molar-refractivity contribution in [3.63, 3.8) is 0 Å². The molecule has 1 fully saturated rings. The maximum atomic E-state index is 12.3. The van der Waals surface area contributed by atoms with Gasteiger partial charge in [-0.3, -0.25) is 9.59 Å². The van der Waals surface area contributed by atoms with E-state index < -0.39 is 12.2 Å². The molecule has 0 spiro atoms. The lowest BCUT2D eigenvalue weighted by atomic mass is 10.1. The largest absolute Gasteiger partial charge is 0.482 e. The molecular weight excluding hydrogens is 264 g/mol. The standard InChI is InChI=1S/C13H14N2O5/c16-9-4-15(5-10(9)17)13(19)7-1-2-11-8(3-7)14-12(18)6-20-11/h1-3,9-10,16-17H,4-6H2,(H,14,18). The number of anilines is 1. The smallest absolute Gasteiger partial charge is 0.262 e. The summed E-state index contributed by atoms with van der Waals surface area (Å²) in [5, 5.41) is 21.6. The molecule has 2 amide bonds. The molecule has 0 radical (unpaired) electrons. The highest BCUT2D eigenvalue weighted by Crippen LogP contribution is 2.29. The first-order valence-corrected chi connectivity index (χ1v) is 6.26. The molecule has 0 aliphatic carbocycles. The Kier molecular flexibility index (Phi) is 3.07. The summed E-state index contributed by atoms with van der Waals surface area (Å²) in [6, 6.07) is 4.74. The Balaban J connectivity index is 1.82. The first kappa shape index (κ1) is 12.9. The number of β-amino-alcohol motifs (C(OH)–C–C–N with tert-alkyl or cyclic N) is 2. The number of carbonyl (C=O) groups is 2. The molecule has 0 bridgehead atoms. The molecule has 7 heteroatoms. The van der Waals surface area contributed by atoms with E-state index in [9.17, 15) is 19.8 Å². The summed E-state index contributed by atoms with van der Waals surface area (Å²) in [5.41, 5.74) is 0.822. The Hall–Kier alpha value is -2.12. The number of aliphatic hydroxyl groups is 2. The number of nitrogens with one attached hydrogen (secondary N) is 1. The van der Waals surface area contributed by atoms with Gasteiger partial charge in [-0.05, 0) is 18.2 Å². The monoisotopic (exact) mass is 278 g/mol. The number of aliphatic hydroxyl groups excluding tert-OH is 2. The molecule has 3 rings (SSSR count). The predicted molar refractivity (Wildman–Crippen MR) is 68.5 cm³/mol. The molecule has 2 aliphatic rings. The molecule has 2 heterocycles. The lowest BCUT2D eigenvalue weighted by Crippen LogP contribution is -2.30. The van der Waals surface area contributed by atoms with Crippen molar-refractivity contribution in [1.82, 2.24) is 4.90 Å². The molecule has 20 heavy (non-hydrogen) atoms. The summed E-state index contributed by atoms with van der Waals surface area (Å²) in [7, 11) is 0. The van der Waals surface area contributed by atoms with E-state index in [0.29, 0.717) is 17.0 Å². The van der Waals surface area contributed by atoms with Gasteiger partial charge in [0.15, 0.2) is 6.61 Å². The van der Waals surface area contributed by atoms with Crippen LogP contribution in [0.15, 0.2) is 18.2 Å². The third kappa shape index (κ3) is 2.21. The molecule has 0 aromatic heterocycles. The van der Waals surface area contributed by atoms with Crippen LogP contribution in [0.25, 0.3) is 0 Å². The molecule has 1 aromatic rings. The van der Waals surface area contributed by atoms with Crippen LogP contribution in [0.1, 0.15) is 10.4 Å². The Morgan fingerprint density at radius 2 is 2.00 bits per heavy atom. The van der Waals surface area contributed by atoms with Crippen LogP contribution in [0.2, 0.25) is 0 Å². The fourth-order valence-electron chi connectivity index (χ4n) is 2.33. The van der Waals surface area contributed by atoms with Crippen LogP contribution in [0.4, 0.5) is 5.69 Å². The number of hydrogen-bond acceptors (Lipinski definition) is 5. The Bertz CT molecular complexity index is 564. The number of amides is 2. The number of rotatable bonds is 1. The Morgan fingerprint density at radius 1 is 1.30 bits per heavy atom. The van der Waals surface area contributed by atoms with Crippen molar-refractivity contribution in [3.05, 3.63) is 23.8 Å². The summed E-state index contributed by atoms with van der Waals surface area (Å²) in [6.07, 6.45) is -1.83. The number of nitrogens with zero attached hydrogens (tertiary/aromatic N) is 1. The molecule has 3 N–H and O–H groups in total. The van der Waals surface area contributed by atoms with Gasteiger partial charge >= 0.3 is 0 Å². The number of likely N-dealkylation sites (tertiary alicyclic amines) is 1. The van der Waals surface area contributed by atoms with Gasteiger partial charge in [0.25, 0.3) is 11.8 Å². The van der Waals surface area contributed by atoms with Gasteiger partial charge in [-0.15, -0.1) is 0 Å². The highest BCUT2D eigenvalue weighted by molar-refractivity contribution is 6.00. The van der Waals surface area contributed by atoms with Gasteiger partial charge in [0, 0.05) is 18.7 Å². The van der Waals surface area contributed by atoms with E-state index in [-0.39, 0.29) is 31.5 Å². The zero-order valence-electron chi connectivity index (χ0n) is 10.6. The van der Waals surface area contributed by atoms with Gasteiger partial charge in [-0.1, -0.05) is 0 Å². The van der Waals surface area contributed by atoms with E-state index in [4.69, 9.17) is 4.74 Å². The fraction of sp³-hybridized carbons (Fsp3) is 0.385. The van der Waals surface area contributed by atoms with Crippen molar-refractivity contribution in [2.45, 2.75) is 12.2 Å². The maximum Gasteiger partial charge on any atom is 0.262 e. The fourth-order valence-corrected chi connectivity index (χ4v) is 2.33. The average Bonchev–Trinajstić information content (AvgIpc) is 2.77. The number of ether oxygens (including phenoxy) is 1.